The smallest absolute Gasteiger partial charge is 0.122 e. The van der Waals surface area contributed by atoms with Gasteiger partial charge in [-0.05, 0) is 42.5 Å². The molecular weight excluding hydrogens is 258 g/mol. The fraction of sp³-hybridized carbons (Fsp3) is 0.684. The number of nitrogens with one attached hydrogen (secondary N) is 1. The van der Waals surface area contributed by atoms with Crippen LogP contribution in [0.15, 0.2) is 18.2 Å². The Labute approximate surface area is 129 Å². The second-order valence-corrected chi connectivity index (χ2v) is 6.67. The van der Waals surface area contributed by atoms with Crippen molar-refractivity contribution in [3.8, 4) is 5.75 Å². The van der Waals surface area contributed by atoms with Crippen LogP contribution in [-0.2, 0) is 6.42 Å². The van der Waals surface area contributed by atoms with Crippen LogP contribution in [0.1, 0.15) is 69.0 Å². The summed E-state index contributed by atoms with van der Waals surface area (Å²) in [5.74, 6) is 2.06. The van der Waals surface area contributed by atoms with Crippen molar-refractivity contribution < 1.29 is 4.74 Å². The minimum Gasteiger partial charge on any atom is -0.493 e. The fourth-order valence-electron chi connectivity index (χ4n) is 3.86. The molecule has 0 spiro atoms. The van der Waals surface area contributed by atoms with Gasteiger partial charge in [-0.15, -0.1) is 0 Å². The van der Waals surface area contributed by atoms with E-state index in [1.165, 1.54) is 49.7 Å². The average molecular weight is 287 g/mol. The van der Waals surface area contributed by atoms with Crippen LogP contribution in [0.3, 0.4) is 0 Å². The molecule has 3 rings (SSSR count). The van der Waals surface area contributed by atoms with Crippen LogP contribution in [0.2, 0.25) is 0 Å². The first kappa shape index (κ1) is 14.9. The van der Waals surface area contributed by atoms with E-state index in [1.807, 2.05) is 0 Å². The third-order valence-electron chi connectivity index (χ3n) is 5.19. The summed E-state index contributed by atoms with van der Waals surface area (Å²) in [4.78, 5) is 0. The second-order valence-electron chi connectivity index (χ2n) is 6.67. The van der Waals surface area contributed by atoms with Gasteiger partial charge in [0.05, 0.1) is 6.61 Å². The number of ether oxygens (including phenoxy) is 1. The molecule has 1 aliphatic heterocycles. The number of benzene rings is 1. The summed E-state index contributed by atoms with van der Waals surface area (Å²) in [5.41, 5.74) is 2.82. The molecular formula is C19H29NO. The van der Waals surface area contributed by atoms with Crippen molar-refractivity contribution in [3.05, 3.63) is 29.3 Å². The van der Waals surface area contributed by atoms with Crippen molar-refractivity contribution in [3.63, 3.8) is 0 Å². The van der Waals surface area contributed by atoms with E-state index in [4.69, 9.17) is 4.74 Å². The van der Waals surface area contributed by atoms with Gasteiger partial charge in [-0.1, -0.05) is 51.2 Å². The van der Waals surface area contributed by atoms with E-state index in [0.717, 1.165) is 37.7 Å². The minimum absolute atomic E-state index is 0.500. The monoisotopic (exact) mass is 287 g/mol. The van der Waals surface area contributed by atoms with Gasteiger partial charge in [-0.2, -0.15) is 0 Å². The van der Waals surface area contributed by atoms with Gasteiger partial charge in [0.15, 0.2) is 0 Å². The first-order valence-electron chi connectivity index (χ1n) is 8.86. The Morgan fingerprint density at radius 3 is 2.90 bits per heavy atom. The molecule has 2 nitrogen and oxygen atoms in total. The number of hydrogen-bond donors (Lipinski definition) is 1. The van der Waals surface area contributed by atoms with Crippen LogP contribution in [0.25, 0.3) is 0 Å². The molecule has 1 unspecified atom stereocenters. The van der Waals surface area contributed by atoms with Gasteiger partial charge in [0.2, 0.25) is 0 Å². The Kier molecular flexibility index (Phi) is 5.18. The van der Waals surface area contributed by atoms with E-state index in [2.05, 4.69) is 30.4 Å². The molecule has 2 aliphatic rings. The number of fused-ring (bicyclic) bond motifs is 1. The zero-order chi connectivity index (χ0) is 14.5. The Morgan fingerprint density at radius 2 is 2.10 bits per heavy atom. The molecule has 0 radical (unpaired) electrons. The van der Waals surface area contributed by atoms with Gasteiger partial charge in [-0.25, -0.2) is 0 Å². The summed E-state index contributed by atoms with van der Waals surface area (Å²) in [5, 5.41) is 3.78. The van der Waals surface area contributed by atoms with Crippen LogP contribution in [0.5, 0.6) is 5.75 Å². The lowest BCUT2D eigenvalue weighted by Gasteiger charge is -2.24. The third-order valence-corrected chi connectivity index (χ3v) is 5.19. The molecule has 21 heavy (non-hydrogen) atoms. The molecule has 0 bridgehead atoms. The summed E-state index contributed by atoms with van der Waals surface area (Å²) in [6, 6.07) is 7.25. The minimum atomic E-state index is 0.500. The number of rotatable bonds is 6. The van der Waals surface area contributed by atoms with Gasteiger partial charge in [0.1, 0.15) is 5.75 Å². The lowest BCUT2D eigenvalue weighted by molar-refractivity contribution is 0.327. The largest absolute Gasteiger partial charge is 0.493 e. The predicted octanol–water partition coefficient (Wildman–Crippen LogP) is 4.63. The first-order valence-corrected chi connectivity index (χ1v) is 8.86. The highest BCUT2D eigenvalue weighted by molar-refractivity contribution is 5.40. The molecule has 1 atom stereocenters. The Bertz CT molecular complexity index is 451. The summed E-state index contributed by atoms with van der Waals surface area (Å²) >= 11 is 0. The summed E-state index contributed by atoms with van der Waals surface area (Å²) in [7, 11) is 0. The van der Waals surface area contributed by atoms with E-state index in [9.17, 15) is 0 Å². The van der Waals surface area contributed by atoms with E-state index in [0.29, 0.717) is 6.04 Å². The molecule has 0 saturated heterocycles. The van der Waals surface area contributed by atoms with Gasteiger partial charge in [-0.3, -0.25) is 0 Å². The number of hydrogen-bond acceptors (Lipinski definition) is 2. The zero-order valence-electron chi connectivity index (χ0n) is 13.4. The van der Waals surface area contributed by atoms with E-state index < -0.39 is 0 Å². The van der Waals surface area contributed by atoms with Crippen LogP contribution in [0, 0.1) is 5.92 Å². The fourth-order valence-corrected chi connectivity index (χ4v) is 3.86. The van der Waals surface area contributed by atoms with Crippen molar-refractivity contribution in [2.45, 2.75) is 64.3 Å². The highest BCUT2D eigenvalue weighted by Crippen LogP contribution is 2.30. The Balaban J connectivity index is 1.52. The van der Waals surface area contributed by atoms with Crippen LogP contribution < -0.4 is 10.1 Å². The lowest BCUT2D eigenvalue weighted by Crippen LogP contribution is -2.24. The topological polar surface area (TPSA) is 21.3 Å². The van der Waals surface area contributed by atoms with E-state index in [1.54, 1.807) is 0 Å². The molecule has 1 aromatic rings. The molecule has 1 aromatic carbocycles. The highest BCUT2D eigenvalue weighted by atomic mass is 16.5. The maximum Gasteiger partial charge on any atom is 0.122 e. The zero-order valence-corrected chi connectivity index (χ0v) is 13.4. The van der Waals surface area contributed by atoms with Gasteiger partial charge in [0.25, 0.3) is 0 Å². The molecule has 0 aromatic heterocycles. The maximum atomic E-state index is 5.61. The Morgan fingerprint density at radius 1 is 1.24 bits per heavy atom. The van der Waals surface area contributed by atoms with Crippen molar-refractivity contribution in [1.29, 1.82) is 0 Å². The summed E-state index contributed by atoms with van der Waals surface area (Å²) in [6.07, 6.45) is 10.8. The second kappa shape index (κ2) is 7.31. The third kappa shape index (κ3) is 3.79. The van der Waals surface area contributed by atoms with Crippen molar-refractivity contribution in [1.82, 2.24) is 5.32 Å². The molecule has 1 saturated carbocycles. The first-order chi connectivity index (χ1) is 10.4. The van der Waals surface area contributed by atoms with Crippen LogP contribution >= 0.6 is 0 Å². The van der Waals surface area contributed by atoms with Crippen molar-refractivity contribution in [2.24, 2.45) is 5.92 Å². The van der Waals surface area contributed by atoms with Crippen molar-refractivity contribution in [2.75, 3.05) is 13.2 Å². The molecule has 116 valence electrons. The van der Waals surface area contributed by atoms with Crippen LogP contribution in [0.4, 0.5) is 0 Å². The van der Waals surface area contributed by atoms with Crippen molar-refractivity contribution >= 4 is 0 Å². The van der Waals surface area contributed by atoms with Gasteiger partial charge < -0.3 is 10.1 Å². The van der Waals surface area contributed by atoms with E-state index >= 15 is 0 Å². The van der Waals surface area contributed by atoms with Gasteiger partial charge in [0, 0.05) is 12.5 Å². The SMILES string of the molecule is CCC(NCCC1CCCCC1)c1ccc2c(c1)CCO2. The Hall–Kier alpha value is -1.02. The molecule has 1 aliphatic carbocycles. The predicted molar refractivity (Wildman–Crippen MR) is 87.9 cm³/mol. The van der Waals surface area contributed by atoms with Gasteiger partial charge >= 0.3 is 0 Å². The molecule has 0 amide bonds. The summed E-state index contributed by atoms with van der Waals surface area (Å²) < 4.78 is 5.61. The quantitative estimate of drug-likeness (QED) is 0.823. The van der Waals surface area contributed by atoms with E-state index in [-0.39, 0.29) is 0 Å². The molecule has 2 heteroatoms. The molecule has 1 N–H and O–H groups in total. The lowest BCUT2D eigenvalue weighted by atomic mass is 9.87. The van der Waals surface area contributed by atoms with Crippen LogP contribution in [-0.4, -0.2) is 13.2 Å². The molecule has 1 heterocycles. The molecule has 1 fully saturated rings. The summed E-state index contributed by atoms with van der Waals surface area (Å²) in [6.45, 7) is 4.30. The standard InChI is InChI=1S/C19H29NO/c1-2-18(20-12-10-15-6-4-3-5-7-15)16-8-9-19-17(14-16)11-13-21-19/h8-9,14-15,18,20H,2-7,10-13H2,1H3. The maximum absolute atomic E-state index is 5.61. The highest BCUT2D eigenvalue weighted by Gasteiger charge is 2.17. The normalized spacial score (nSPS) is 20.0. The average Bonchev–Trinajstić information content (AvgIpc) is 3.00.